The Morgan fingerprint density at radius 1 is 1.25 bits per heavy atom. The van der Waals surface area contributed by atoms with Crippen molar-refractivity contribution in [2.24, 2.45) is 0 Å². The maximum atomic E-state index is 13.3. The molecule has 0 saturated heterocycles. The fourth-order valence-electron chi connectivity index (χ4n) is 1.62. The second-order valence-electron chi connectivity index (χ2n) is 3.95. The Morgan fingerprint density at radius 3 is 2.65 bits per heavy atom. The van der Waals surface area contributed by atoms with Crippen molar-refractivity contribution >= 4 is 27.6 Å². The number of nitrogens with two attached hydrogens (primary N) is 1. The Balaban J connectivity index is 2.40. The molecule has 2 aromatic rings. The Hall–Kier alpha value is -2.08. The van der Waals surface area contributed by atoms with Crippen molar-refractivity contribution in [1.82, 2.24) is 0 Å². The summed E-state index contributed by atoms with van der Waals surface area (Å²) in [6.07, 6.45) is 0. The molecule has 4 nitrogen and oxygen atoms in total. The third kappa shape index (κ3) is 3.27. The highest BCUT2D eigenvalue weighted by atomic mass is 79.9. The first-order valence-corrected chi connectivity index (χ1v) is 6.40. The first-order chi connectivity index (χ1) is 9.49. The molecule has 0 atom stereocenters. The molecule has 0 aliphatic rings. The molecule has 20 heavy (non-hydrogen) atoms. The van der Waals surface area contributed by atoms with Gasteiger partial charge >= 0.3 is 5.97 Å². The summed E-state index contributed by atoms with van der Waals surface area (Å²) in [6, 6.07) is 8.64. The van der Waals surface area contributed by atoms with Gasteiger partial charge in [0.05, 0.1) is 7.11 Å². The number of carbonyl (C=O) groups is 1. The van der Waals surface area contributed by atoms with Crippen molar-refractivity contribution in [3.63, 3.8) is 0 Å². The van der Waals surface area contributed by atoms with Crippen molar-refractivity contribution in [1.29, 1.82) is 0 Å². The lowest BCUT2D eigenvalue weighted by Gasteiger charge is -2.11. The molecule has 2 rings (SSSR count). The van der Waals surface area contributed by atoms with Gasteiger partial charge < -0.3 is 15.2 Å². The van der Waals surface area contributed by atoms with Crippen LogP contribution in [0.3, 0.4) is 0 Å². The van der Waals surface area contributed by atoms with Gasteiger partial charge in [-0.15, -0.1) is 0 Å². The Bertz CT molecular complexity index is 641. The van der Waals surface area contributed by atoms with E-state index in [0.717, 1.165) is 0 Å². The van der Waals surface area contributed by atoms with Gasteiger partial charge in [0.1, 0.15) is 22.9 Å². The molecule has 0 amide bonds. The summed E-state index contributed by atoms with van der Waals surface area (Å²) in [4.78, 5) is 11.7. The summed E-state index contributed by atoms with van der Waals surface area (Å²) in [6.45, 7) is 0. The van der Waals surface area contributed by atoms with E-state index in [4.69, 9.17) is 10.5 Å². The highest BCUT2D eigenvalue weighted by Crippen LogP contribution is 2.30. The molecule has 0 unspecified atom stereocenters. The second kappa shape index (κ2) is 5.92. The summed E-state index contributed by atoms with van der Waals surface area (Å²) in [5.74, 6) is -0.539. The number of halogens is 2. The van der Waals surface area contributed by atoms with Crippen LogP contribution in [0.5, 0.6) is 11.5 Å². The van der Waals surface area contributed by atoms with Gasteiger partial charge in [0.25, 0.3) is 0 Å². The molecule has 0 aliphatic carbocycles. The maximum Gasteiger partial charge on any atom is 0.341 e. The molecule has 2 aromatic carbocycles. The van der Waals surface area contributed by atoms with E-state index in [-0.39, 0.29) is 17.1 Å². The zero-order chi connectivity index (χ0) is 14.7. The third-order valence-corrected chi connectivity index (χ3v) is 2.93. The first kappa shape index (κ1) is 14.3. The number of hydrogen-bond acceptors (Lipinski definition) is 4. The molecule has 104 valence electrons. The molecular formula is C14H11BrFNO3. The summed E-state index contributed by atoms with van der Waals surface area (Å²) < 4.78 is 24.0. The number of benzene rings is 2. The van der Waals surface area contributed by atoms with Crippen LogP contribution in [0, 0.1) is 5.82 Å². The van der Waals surface area contributed by atoms with E-state index in [1.165, 1.54) is 31.4 Å². The lowest BCUT2D eigenvalue weighted by Crippen LogP contribution is -2.04. The number of carbonyl (C=O) groups excluding carboxylic acids is 1. The van der Waals surface area contributed by atoms with E-state index in [9.17, 15) is 9.18 Å². The van der Waals surface area contributed by atoms with Gasteiger partial charge in [-0.1, -0.05) is 15.9 Å². The molecule has 6 heteroatoms. The minimum atomic E-state index is -0.581. The van der Waals surface area contributed by atoms with Crippen molar-refractivity contribution in [2.45, 2.75) is 0 Å². The van der Waals surface area contributed by atoms with Gasteiger partial charge in [-0.05, 0) is 30.3 Å². The van der Waals surface area contributed by atoms with E-state index in [0.29, 0.717) is 10.2 Å². The Morgan fingerprint density at radius 2 is 2.00 bits per heavy atom. The predicted octanol–water partition coefficient (Wildman–Crippen LogP) is 3.75. The number of ether oxygens (including phenoxy) is 2. The highest BCUT2D eigenvalue weighted by Gasteiger charge is 2.14. The van der Waals surface area contributed by atoms with Gasteiger partial charge in [0.2, 0.25) is 0 Å². The SMILES string of the molecule is COC(=O)c1cc(N)ccc1Oc1cc(F)cc(Br)c1. The van der Waals surface area contributed by atoms with Crippen molar-refractivity contribution in [3.8, 4) is 11.5 Å². The van der Waals surface area contributed by atoms with E-state index in [1.807, 2.05) is 0 Å². The lowest BCUT2D eigenvalue weighted by atomic mass is 10.2. The van der Waals surface area contributed by atoms with Crippen LogP contribution in [0.2, 0.25) is 0 Å². The largest absolute Gasteiger partial charge is 0.465 e. The van der Waals surface area contributed by atoms with E-state index < -0.39 is 11.8 Å². The first-order valence-electron chi connectivity index (χ1n) is 5.61. The van der Waals surface area contributed by atoms with E-state index >= 15 is 0 Å². The lowest BCUT2D eigenvalue weighted by molar-refractivity contribution is 0.0598. The van der Waals surface area contributed by atoms with Crippen LogP contribution in [-0.2, 0) is 4.74 Å². The molecule has 0 saturated carbocycles. The third-order valence-electron chi connectivity index (χ3n) is 2.47. The molecule has 0 spiro atoms. The van der Waals surface area contributed by atoms with E-state index in [2.05, 4.69) is 20.7 Å². The monoisotopic (exact) mass is 339 g/mol. The van der Waals surface area contributed by atoms with Crippen LogP contribution in [-0.4, -0.2) is 13.1 Å². The fraction of sp³-hybridized carbons (Fsp3) is 0.0714. The van der Waals surface area contributed by atoms with Crippen LogP contribution in [0.25, 0.3) is 0 Å². The number of rotatable bonds is 3. The van der Waals surface area contributed by atoms with Crippen LogP contribution in [0.4, 0.5) is 10.1 Å². The van der Waals surface area contributed by atoms with Crippen LogP contribution in [0.1, 0.15) is 10.4 Å². The zero-order valence-electron chi connectivity index (χ0n) is 10.5. The average Bonchev–Trinajstić information content (AvgIpc) is 2.38. The summed E-state index contributed by atoms with van der Waals surface area (Å²) in [5, 5.41) is 0. The molecule has 0 bridgehead atoms. The summed E-state index contributed by atoms with van der Waals surface area (Å²) in [7, 11) is 1.26. The second-order valence-corrected chi connectivity index (χ2v) is 4.87. The number of nitrogen functional groups attached to an aromatic ring is 1. The van der Waals surface area contributed by atoms with Gasteiger partial charge in [-0.2, -0.15) is 0 Å². The smallest absolute Gasteiger partial charge is 0.341 e. The highest BCUT2D eigenvalue weighted by molar-refractivity contribution is 9.10. The molecule has 2 N–H and O–H groups in total. The Labute approximate surface area is 123 Å². The van der Waals surface area contributed by atoms with Gasteiger partial charge in [-0.25, -0.2) is 9.18 Å². The molecule has 0 aliphatic heterocycles. The van der Waals surface area contributed by atoms with Gasteiger partial charge in [0, 0.05) is 16.2 Å². The quantitative estimate of drug-likeness (QED) is 0.683. The number of methoxy groups -OCH3 is 1. The summed E-state index contributed by atoms with van der Waals surface area (Å²) in [5.41, 5.74) is 6.21. The molecule has 0 fully saturated rings. The minimum Gasteiger partial charge on any atom is -0.465 e. The molecule has 0 heterocycles. The van der Waals surface area contributed by atoms with Gasteiger partial charge in [-0.3, -0.25) is 0 Å². The molecule has 0 radical (unpaired) electrons. The van der Waals surface area contributed by atoms with Crippen molar-refractivity contribution < 1.29 is 18.7 Å². The van der Waals surface area contributed by atoms with Crippen molar-refractivity contribution in [2.75, 3.05) is 12.8 Å². The number of esters is 1. The van der Waals surface area contributed by atoms with Crippen LogP contribution in [0.15, 0.2) is 40.9 Å². The molecule has 0 aromatic heterocycles. The average molecular weight is 340 g/mol. The maximum absolute atomic E-state index is 13.3. The number of hydrogen-bond donors (Lipinski definition) is 1. The Kier molecular flexibility index (Phi) is 4.24. The fourth-order valence-corrected chi connectivity index (χ4v) is 2.06. The van der Waals surface area contributed by atoms with E-state index in [1.54, 1.807) is 12.1 Å². The minimum absolute atomic E-state index is 0.174. The normalized spacial score (nSPS) is 10.2. The standard InChI is InChI=1S/C14H11BrFNO3/c1-19-14(18)12-7-10(17)2-3-13(12)20-11-5-8(15)4-9(16)6-11/h2-7H,17H2,1H3. The van der Waals surface area contributed by atoms with Gasteiger partial charge in [0.15, 0.2) is 0 Å². The van der Waals surface area contributed by atoms with Crippen molar-refractivity contribution in [3.05, 3.63) is 52.3 Å². The molecular weight excluding hydrogens is 329 g/mol. The van der Waals surface area contributed by atoms with Crippen LogP contribution >= 0.6 is 15.9 Å². The number of anilines is 1. The zero-order valence-corrected chi connectivity index (χ0v) is 12.1. The van der Waals surface area contributed by atoms with Crippen LogP contribution < -0.4 is 10.5 Å². The summed E-state index contributed by atoms with van der Waals surface area (Å²) >= 11 is 3.17. The predicted molar refractivity (Wildman–Crippen MR) is 76.4 cm³/mol. The topological polar surface area (TPSA) is 61.5 Å².